The lowest BCUT2D eigenvalue weighted by molar-refractivity contribution is -0.332. The van der Waals surface area contributed by atoms with E-state index in [1.165, 1.54) is 12.8 Å². The molecule has 0 unspecified atom stereocenters. The van der Waals surface area contributed by atoms with Crippen LogP contribution in [0.15, 0.2) is 0 Å². The third-order valence-corrected chi connectivity index (χ3v) is 7.60. The number of aliphatic hydroxyl groups is 7. The van der Waals surface area contributed by atoms with Crippen LogP contribution in [0, 0.1) is 23.7 Å². The molecule has 11 nitrogen and oxygen atoms in total. The van der Waals surface area contributed by atoms with Gasteiger partial charge >= 0.3 is 0 Å². The van der Waals surface area contributed by atoms with Crippen molar-refractivity contribution in [3.05, 3.63) is 0 Å². The lowest BCUT2D eigenvalue weighted by atomic mass is 9.85. The van der Waals surface area contributed by atoms with Gasteiger partial charge in [-0.3, -0.25) is 0 Å². The maximum absolute atomic E-state index is 10.4. The summed E-state index contributed by atoms with van der Waals surface area (Å²) in [4.78, 5) is 0. The fourth-order valence-corrected chi connectivity index (χ4v) is 5.33. The van der Waals surface area contributed by atoms with E-state index in [0.29, 0.717) is 17.8 Å². The summed E-state index contributed by atoms with van der Waals surface area (Å²) in [5.41, 5.74) is 0. The highest BCUT2D eigenvalue weighted by Gasteiger charge is 2.47. The monoisotopic (exact) mass is 538 g/mol. The molecule has 220 valence electrons. The molecule has 0 spiro atoms. The number of aliphatic hydroxyl groups excluding tert-OH is 7. The molecule has 0 saturated carbocycles. The van der Waals surface area contributed by atoms with Crippen LogP contribution in [0.25, 0.3) is 0 Å². The smallest absolute Gasteiger partial charge is 0.186 e. The van der Waals surface area contributed by atoms with Gasteiger partial charge in [-0.25, -0.2) is 0 Å². The van der Waals surface area contributed by atoms with E-state index in [2.05, 4.69) is 34.6 Å². The molecule has 2 fully saturated rings. The van der Waals surface area contributed by atoms with Crippen molar-refractivity contribution in [3.8, 4) is 0 Å². The van der Waals surface area contributed by atoms with Crippen LogP contribution in [-0.4, -0.2) is 117 Å². The van der Waals surface area contributed by atoms with Crippen molar-refractivity contribution < 1.29 is 54.7 Å². The van der Waals surface area contributed by atoms with E-state index < -0.39 is 68.0 Å². The normalized spacial score (nSPS) is 40.2. The van der Waals surface area contributed by atoms with Crippen LogP contribution in [0.5, 0.6) is 0 Å². The average Bonchev–Trinajstić information content (AvgIpc) is 2.85. The Morgan fingerprint density at radius 3 is 1.59 bits per heavy atom. The van der Waals surface area contributed by atoms with Gasteiger partial charge < -0.3 is 54.7 Å². The van der Waals surface area contributed by atoms with Crippen molar-refractivity contribution in [2.45, 2.75) is 122 Å². The molecule has 2 heterocycles. The van der Waals surface area contributed by atoms with Crippen LogP contribution in [0.2, 0.25) is 0 Å². The van der Waals surface area contributed by atoms with Crippen molar-refractivity contribution in [2.24, 2.45) is 23.7 Å². The van der Waals surface area contributed by atoms with Crippen LogP contribution >= 0.6 is 0 Å². The zero-order chi connectivity index (χ0) is 27.9. The molecular weight excluding hydrogens is 488 g/mol. The zero-order valence-electron chi connectivity index (χ0n) is 22.8. The average molecular weight is 539 g/mol. The molecule has 2 saturated heterocycles. The molecule has 0 amide bonds. The van der Waals surface area contributed by atoms with Crippen molar-refractivity contribution in [2.75, 3.05) is 19.8 Å². The van der Waals surface area contributed by atoms with Crippen LogP contribution in [0.3, 0.4) is 0 Å². The van der Waals surface area contributed by atoms with Gasteiger partial charge in [-0.05, 0) is 42.9 Å². The zero-order valence-corrected chi connectivity index (χ0v) is 22.8. The number of hydrogen-bond acceptors (Lipinski definition) is 11. The lowest BCUT2D eigenvalue weighted by Gasteiger charge is -2.42. The van der Waals surface area contributed by atoms with Gasteiger partial charge in [0.05, 0.1) is 19.8 Å². The predicted octanol–water partition coefficient (Wildman–Crippen LogP) is -0.248. The summed E-state index contributed by atoms with van der Waals surface area (Å²) in [6.07, 6.45) is -9.75. The first kappa shape index (κ1) is 32.8. The highest BCUT2D eigenvalue weighted by atomic mass is 16.7. The van der Waals surface area contributed by atoms with Gasteiger partial charge in [0.1, 0.15) is 48.8 Å². The summed E-state index contributed by atoms with van der Waals surface area (Å²) in [5, 5.41) is 70.3. The van der Waals surface area contributed by atoms with Gasteiger partial charge in [-0.1, -0.05) is 41.0 Å². The van der Waals surface area contributed by atoms with E-state index >= 15 is 0 Å². The summed E-state index contributed by atoms with van der Waals surface area (Å²) in [5.74, 6) is 2.03. The van der Waals surface area contributed by atoms with Gasteiger partial charge in [0.2, 0.25) is 0 Å². The van der Waals surface area contributed by atoms with Crippen LogP contribution in [0.1, 0.15) is 60.3 Å². The SMILES string of the molecule is CC[C@@H](C)C[C@@H](C)C[C@@H](C)C[C@@H](C)CO[C@@H]1O[C@H](CO[C@H]2O[C@H](CO)[C@H](O)[C@H](O)[C@H]2O)[C@@H](O)[C@H](O)[C@H]1O. The minimum atomic E-state index is -1.61. The fraction of sp³-hybridized carbons (Fsp3) is 1.00. The molecule has 11 heteroatoms. The van der Waals surface area contributed by atoms with Crippen LogP contribution in [0.4, 0.5) is 0 Å². The Bertz CT molecular complexity index is 638. The minimum absolute atomic E-state index is 0.175. The Morgan fingerprint density at radius 1 is 0.595 bits per heavy atom. The number of ether oxygens (including phenoxy) is 4. The topological polar surface area (TPSA) is 179 Å². The molecule has 0 radical (unpaired) electrons. The first-order valence-corrected chi connectivity index (χ1v) is 13.6. The molecule has 2 rings (SSSR count). The summed E-state index contributed by atoms with van der Waals surface area (Å²) in [6, 6.07) is 0. The second-order valence-corrected chi connectivity index (χ2v) is 11.4. The third-order valence-electron chi connectivity index (χ3n) is 7.60. The molecule has 0 aromatic heterocycles. The third kappa shape index (κ3) is 9.32. The van der Waals surface area contributed by atoms with Gasteiger partial charge in [0, 0.05) is 0 Å². The van der Waals surface area contributed by atoms with E-state index in [1.54, 1.807) is 0 Å². The van der Waals surface area contributed by atoms with Crippen LogP contribution < -0.4 is 0 Å². The molecule has 37 heavy (non-hydrogen) atoms. The lowest BCUT2D eigenvalue weighted by Crippen LogP contribution is -2.61. The summed E-state index contributed by atoms with van der Waals surface area (Å²) < 4.78 is 22.2. The first-order chi connectivity index (χ1) is 17.4. The van der Waals surface area contributed by atoms with Gasteiger partial charge in [-0.2, -0.15) is 0 Å². The molecule has 0 aromatic rings. The van der Waals surface area contributed by atoms with E-state index in [9.17, 15) is 35.7 Å². The molecule has 0 aromatic carbocycles. The highest BCUT2D eigenvalue weighted by Crippen LogP contribution is 2.28. The second-order valence-electron chi connectivity index (χ2n) is 11.4. The van der Waals surface area contributed by atoms with E-state index in [4.69, 9.17) is 18.9 Å². The molecule has 14 atom stereocenters. The summed E-state index contributed by atoms with van der Waals surface area (Å²) in [6.45, 7) is 10.3. The Kier molecular flexibility index (Phi) is 13.6. The predicted molar refractivity (Wildman–Crippen MR) is 133 cm³/mol. The summed E-state index contributed by atoms with van der Waals surface area (Å²) in [7, 11) is 0. The quantitative estimate of drug-likeness (QED) is 0.155. The highest BCUT2D eigenvalue weighted by molar-refractivity contribution is 4.91. The van der Waals surface area contributed by atoms with Crippen molar-refractivity contribution in [1.29, 1.82) is 0 Å². The largest absolute Gasteiger partial charge is 0.394 e. The second kappa shape index (κ2) is 15.4. The first-order valence-electron chi connectivity index (χ1n) is 13.6. The number of rotatable bonds is 14. The maximum atomic E-state index is 10.4. The van der Waals surface area contributed by atoms with E-state index in [1.807, 2.05) is 0 Å². The van der Waals surface area contributed by atoms with E-state index in [-0.39, 0.29) is 19.1 Å². The maximum Gasteiger partial charge on any atom is 0.186 e. The molecule has 7 N–H and O–H groups in total. The van der Waals surface area contributed by atoms with Crippen molar-refractivity contribution in [1.82, 2.24) is 0 Å². The summed E-state index contributed by atoms with van der Waals surface area (Å²) >= 11 is 0. The van der Waals surface area contributed by atoms with Crippen molar-refractivity contribution in [3.63, 3.8) is 0 Å². The Hall–Kier alpha value is -0.440. The number of hydrogen-bond donors (Lipinski definition) is 7. The molecule has 2 aliphatic rings. The molecule has 2 aliphatic heterocycles. The molecule has 0 bridgehead atoms. The van der Waals surface area contributed by atoms with Crippen molar-refractivity contribution >= 4 is 0 Å². The molecule has 0 aliphatic carbocycles. The Labute approximate surface area is 220 Å². The fourth-order valence-electron chi connectivity index (χ4n) is 5.33. The van der Waals surface area contributed by atoms with Gasteiger partial charge in [0.25, 0.3) is 0 Å². The molecular formula is C26H50O11. The van der Waals surface area contributed by atoms with Gasteiger partial charge in [0.15, 0.2) is 12.6 Å². The Balaban J connectivity index is 1.85. The Morgan fingerprint density at radius 2 is 1.05 bits per heavy atom. The minimum Gasteiger partial charge on any atom is -0.394 e. The van der Waals surface area contributed by atoms with Crippen LogP contribution in [-0.2, 0) is 18.9 Å². The van der Waals surface area contributed by atoms with E-state index in [0.717, 1.165) is 12.8 Å². The van der Waals surface area contributed by atoms with Gasteiger partial charge in [-0.15, -0.1) is 0 Å². The standard InChI is InChI=1S/C26H50O11/c1-6-13(2)7-14(3)8-15(4)9-16(5)11-34-25-24(33)22(31)20(29)18(37-25)12-35-26-23(32)21(30)19(28)17(10-27)36-26/h13-33H,6-12H2,1-5H3/t13-,14-,15-,16-,17-,18-,19+,20-,21+,22+,23-,24-,25-,26+/m1/s1.